The van der Waals surface area contributed by atoms with E-state index >= 15 is 0 Å². The standard InChI is InChI=1S/C22H28FN3O3Se/c1-3-26(4-2)8-7-24-21(27)13-29-12-15-9-17(30-14-15)11-19-18-10-16(23)5-6-20(18)25-22(19)28/h5-6,9-11,14H,3-4,7-8,12-13,30H2,1-2H3,(H,24,27)(H,25,28)/b19-11-. The molecule has 0 spiro atoms. The van der Waals surface area contributed by atoms with Gasteiger partial charge in [0.25, 0.3) is 0 Å². The van der Waals surface area contributed by atoms with Crippen molar-refractivity contribution < 1.29 is 18.7 Å². The number of allylic oxidation sites excluding steroid dienone is 2. The van der Waals surface area contributed by atoms with Gasteiger partial charge in [-0.25, -0.2) is 0 Å². The maximum absolute atomic E-state index is 13.6. The van der Waals surface area contributed by atoms with Gasteiger partial charge in [0.1, 0.15) is 0 Å². The minimum absolute atomic E-state index is 0.0227. The van der Waals surface area contributed by atoms with Gasteiger partial charge in [-0.15, -0.1) is 0 Å². The van der Waals surface area contributed by atoms with Crippen LogP contribution < -0.4 is 10.6 Å². The molecule has 2 heterocycles. The molecule has 0 bridgehead atoms. The van der Waals surface area contributed by atoms with Crippen molar-refractivity contribution in [3.8, 4) is 0 Å². The molecule has 0 aromatic heterocycles. The Morgan fingerprint density at radius 3 is 2.90 bits per heavy atom. The number of likely N-dealkylation sites (N-methyl/N-ethyl adjacent to an activating group) is 1. The summed E-state index contributed by atoms with van der Waals surface area (Å²) in [5.74, 6) is -0.700. The molecule has 0 unspecified atom stereocenters. The van der Waals surface area contributed by atoms with Crippen molar-refractivity contribution in [3.05, 3.63) is 56.8 Å². The number of benzene rings is 1. The normalized spacial score (nSPS) is 17.9. The van der Waals surface area contributed by atoms with Crippen LogP contribution in [0.4, 0.5) is 10.1 Å². The molecule has 2 aliphatic rings. The minimum atomic E-state index is -0.536. The third kappa shape index (κ3) is 5.89. The van der Waals surface area contributed by atoms with Crippen LogP contribution in [0.25, 0.3) is 5.57 Å². The number of amides is 2. The second kappa shape index (κ2) is 10.7. The van der Waals surface area contributed by atoms with Crippen molar-refractivity contribution in [3.63, 3.8) is 0 Å². The average Bonchev–Trinajstić information content (AvgIpc) is 3.30. The summed E-state index contributed by atoms with van der Waals surface area (Å²) in [5.41, 5.74) is 2.73. The summed E-state index contributed by atoms with van der Waals surface area (Å²) < 4.78 is 20.2. The van der Waals surface area contributed by atoms with E-state index in [1.165, 1.54) is 12.1 Å². The number of ether oxygens (including phenoxy) is 1. The summed E-state index contributed by atoms with van der Waals surface area (Å²) >= 11 is -0.536. The quantitative estimate of drug-likeness (QED) is 0.394. The Labute approximate surface area is 182 Å². The fraction of sp³-hybridized carbons (Fsp3) is 0.364. The van der Waals surface area contributed by atoms with E-state index < -0.39 is 15.0 Å². The van der Waals surface area contributed by atoms with Gasteiger partial charge in [-0.05, 0) is 0 Å². The molecule has 0 aliphatic carbocycles. The first-order valence-corrected chi connectivity index (χ1v) is 12.3. The summed E-state index contributed by atoms with van der Waals surface area (Å²) in [6.07, 6.45) is 3.83. The molecule has 6 nitrogen and oxygen atoms in total. The molecule has 2 aliphatic heterocycles. The zero-order valence-electron chi connectivity index (χ0n) is 17.3. The SMILES string of the molecule is CCN(CC)CCNC(=O)COCC1=C[SeH2]C(/C=C2\C(=O)Nc3ccc(F)cc32)=C1. The zero-order valence-corrected chi connectivity index (χ0v) is 19.4. The second-order valence-corrected chi connectivity index (χ2v) is 9.46. The van der Waals surface area contributed by atoms with Crippen LogP contribution in [0.2, 0.25) is 0 Å². The molecule has 1 aromatic carbocycles. The van der Waals surface area contributed by atoms with Gasteiger partial charge in [0.2, 0.25) is 0 Å². The first-order chi connectivity index (χ1) is 14.5. The topological polar surface area (TPSA) is 70.7 Å². The number of hydrogen-bond donors (Lipinski definition) is 2. The Morgan fingerprint density at radius 2 is 2.13 bits per heavy atom. The van der Waals surface area contributed by atoms with Crippen LogP contribution in [0.5, 0.6) is 0 Å². The monoisotopic (exact) mass is 481 g/mol. The van der Waals surface area contributed by atoms with Gasteiger partial charge < -0.3 is 0 Å². The van der Waals surface area contributed by atoms with E-state index in [-0.39, 0.29) is 24.2 Å². The summed E-state index contributed by atoms with van der Waals surface area (Å²) in [6.45, 7) is 7.95. The van der Waals surface area contributed by atoms with Crippen LogP contribution in [0.1, 0.15) is 19.4 Å². The molecule has 0 radical (unpaired) electrons. The number of hydrogen-bond acceptors (Lipinski definition) is 4. The third-order valence-electron chi connectivity index (χ3n) is 4.98. The van der Waals surface area contributed by atoms with Crippen LogP contribution >= 0.6 is 0 Å². The molecule has 1 aromatic rings. The summed E-state index contributed by atoms with van der Waals surface area (Å²) in [4.78, 5) is 28.5. The van der Waals surface area contributed by atoms with Crippen LogP contribution in [-0.2, 0) is 14.3 Å². The summed E-state index contributed by atoms with van der Waals surface area (Å²) in [5, 5.41) is 5.63. The molecule has 162 valence electrons. The van der Waals surface area contributed by atoms with E-state index in [1.807, 2.05) is 12.2 Å². The van der Waals surface area contributed by atoms with Gasteiger partial charge in [0, 0.05) is 0 Å². The van der Waals surface area contributed by atoms with Crippen LogP contribution in [0, 0.1) is 5.82 Å². The fourth-order valence-electron chi connectivity index (χ4n) is 3.29. The van der Waals surface area contributed by atoms with E-state index in [4.69, 9.17) is 4.74 Å². The van der Waals surface area contributed by atoms with Gasteiger partial charge in [-0.2, -0.15) is 0 Å². The number of halogens is 1. The number of nitrogens with one attached hydrogen (secondary N) is 2. The molecule has 3 rings (SSSR count). The van der Waals surface area contributed by atoms with Crippen molar-refractivity contribution in [2.45, 2.75) is 13.8 Å². The van der Waals surface area contributed by atoms with Crippen molar-refractivity contribution in [2.75, 3.05) is 44.7 Å². The third-order valence-corrected chi connectivity index (χ3v) is 7.36. The van der Waals surface area contributed by atoms with Crippen molar-refractivity contribution in [1.29, 1.82) is 0 Å². The molecule has 0 fully saturated rings. The van der Waals surface area contributed by atoms with Crippen LogP contribution in [0.3, 0.4) is 0 Å². The van der Waals surface area contributed by atoms with Crippen LogP contribution in [0.15, 0.2) is 45.4 Å². The molecular formula is C22H28FN3O3Se. The molecule has 2 N–H and O–H groups in total. The first-order valence-electron chi connectivity index (χ1n) is 10.1. The molecule has 0 saturated heterocycles. The fourth-order valence-corrected chi connectivity index (χ4v) is 5.42. The van der Waals surface area contributed by atoms with Gasteiger partial charge in [0.05, 0.1) is 0 Å². The van der Waals surface area contributed by atoms with E-state index in [0.29, 0.717) is 30.0 Å². The molecule has 0 atom stereocenters. The van der Waals surface area contributed by atoms with E-state index in [2.05, 4.69) is 34.4 Å². The Balaban J connectivity index is 1.46. The number of anilines is 1. The van der Waals surface area contributed by atoms with E-state index in [0.717, 1.165) is 29.7 Å². The van der Waals surface area contributed by atoms with E-state index in [9.17, 15) is 14.0 Å². The zero-order chi connectivity index (χ0) is 21.5. The Bertz CT molecular complexity index is 907. The number of carbonyl (C=O) groups is 2. The van der Waals surface area contributed by atoms with E-state index in [1.54, 1.807) is 6.07 Å². The predicted molar refractivity (Wildman–Crippen MR) is 119 cm³/mol. The van der Waals surface area contributed by atoms with Gasteiger partial charge in [0.15, 0.2) is 0 Å². The van der Waals surface area contributed by atoms with Crippen molar-refractivity contribution in [2.24, 2.45) is 0 Å². The summed E-state index contributed by atoms with van der Waals surface area (Å²) in [6, 6.07) is 4.29. The van der Waals surface area contributed by atoms with Crippen LogP contribution in [-0.4, -0.2) is 71.1 Å². The molecule has 2 amide bonds. The molecule has 8 heteroatoms. The van der Waals surface area contributed by atoms with Gasteiger partial charge in [-0.3, -0.25) is 0 Å². The van der Waals surface area contributed by atoms with Crippen molar-refractivity contribution >= 4 is 38.0 Å². The Hall–Kier alpha value is -2.25. The molecule has 30 heavy (non-hydrogen) atoms. The molecule has 0 saturated carbocycles. The maximum atomic E-state index is 13.6. The predicted octanol–water partition coefficient (Wildman–Crippen LogP) is 1.59. The number of rotatable bonds is 10. The average molecular weight is 480 g/mol. The number of fused-ring (bicyclic) bond motifs is 1. The number of carbonyl (C=O) groups excluding carboxylic acids is 2. The van der Waals surface area contributed by atoms with Crippen molar-refractivity contribution in [1.82, 2.24) is 10.2 Å². The summed E-state index contributed by atoms with van der Waals surface area (Å²) in [7, 11) is 0. The second-order valence-electron chi connectivity index (χ2n) is 7.03. The van der Waals surface area contributed by atoms with Gasteiger partial charge in [-0.1, -0.05) is 0 Å². The Morgan fingerprint density at radius 1 is 1.33 bits per heavy atom. The number of nitrogens with zero attached hydrogens (tertiary/aromatic N) is 1. The Kier molecular flexibility index (Phi) is 7.99. The molecular weight excluding hydrogens is 452 g/mol. The first kappa shape index (κ1) is 22.4. The van der Waals surface area contributed by atoms with Gasteiger partial charge >= 0.3 is 182 Å².